The van der Waals surface area contributed by atoms with Gasteiger partial charge in [-0.15, -0.1) is 0 Å². The fourth-order valence-corrected chi connectivity index (χ4v) is 2.53. The Bertz CT molecular complexity index is 545. The molecule has 122 valence electrons. The van der Waals surface area contributed by atoms with Gasteiger partial charge < -0.3 is 20.1 Å². The number of carbonyl (C=O) groups excluding carboxylic acids is 2. The standard InChI is InChI=1S/C14H22N4O4/c1-11-6-16-18(7-11)8-13(20)17-3-4-22-10-14(9-17,21-2)5-12(15)19/h6-7H,3-5,8-10H2,1-2H3,(H2,15,19)/t14-/m0/s1. The number of hydrogen-bond donors (Lipinski definition) is 1. The zero-order chi connectivity index (χ0) is 16.2. The largest absolute Gasteiger partial charge is 0.377 e. The maximum atomic E-state index is 12.5. The summed E-state index contributed by atoms with van der Waals surface area (Å²) in [5.41, 5.74) is 5.39. The second-order valence-electron chi connectivity index (χ2n) is 5.61. The van der Waals surface area contributed by atoms with E-state index in [1.807, 2.05) is 6.92 Å². The lowest BCUT2D eigenvalue weighted by Gasteiger charge is -2.33. The second-order valence-corrected chi connectivity index (χ2v) is 5.61. The van der Waals surface area contributed by atoms with E-state index >= 15 is 0 Å². The molecule has 1 fully saturated rings. The van der Waals surface area contributed by atoms with Crippen LogP contribution >= 0.6 is 0 Å². The Morgan fingerprint density at radius 2 is 2.32 bits per heavy atom. The van der Waals surface area contributed by atoms with Crippen molar-refractivity contribution in [1.82, 2.24) is 14.7 Å². The second kappa shape index (κ2) is 6.89. The summed E-state index contributed by atoms with van der Waals surface area (Å²) >= 11 is 0. The van der Waals surface area contributed by atoms with Crippen LogP contribution in [0.3, 0.4) is 0 Å². The number of primary amides is 1. The number of aryl methyl sites for hydroxylation is 1. The predicted molar refractivity (Wildman–Crippen MR) is 77.9 cm³/mol. The zero-order valence-electron chi connectivity index (χ0n) is 12.9. The smallest absolute Gasteiger partial charge is 0.244 e. The lowest BCUT2D eigenvalue weighted by atomic mass is 9.99. The Morgan fingerprint density at radius 3 is 2.91 bits per heavy atom. The first-order valence-corrected chi connectivity index (χ1v) is 7.12. The SMILES string of the molecule is CO[C@]1(CC(N)=O)COCCN(C(=O)Cn2cc(C)cn2)C1. The summed E-state index contributed by atoms with van der Waals surface area (Å²) in [6.07, 6.45) is 3.51. The van der Waals surface area contributed by atoms with E-state index in [2.05, 4.69) is 5.10 Å². The molecule has 0 radical (unpaired) electrons. The molecule has 0 saturated carbocycles. The Balaban J connectivity index is 2.08. The summed E-state index contributed by atoms with van der Waals surface area (Å²) < 4.78 is 12.5. The fourth-order valence-electron chi connectivity index (χ4n) is 2.53. The molecule has 0 spiro atoms. The van der Waals surface area contributed by atoms with E-state index in [1.165, 1.54) is 7.11 Å². The molecule has 1 aromatic heterocycles. The Labute approximate surface area is 129 Å². The summed E-state index contributed by atoms with van der Waals surface area (Å²) in [6.45, 7) is 3.40. The van der Waals surface area contributed by atoms with E-state index < -0.39 is 11.5 Å². The molecule has 1 saturated heterocycles. The van der Waals surface area contributed by atoms with Crippen molar-refractivity contribution in [2.75, 3.05) is 33.4 Å². The molecule has 2 N–H and O–H groups in total. The van der Waals surface area contributed by atoms with Crippen LogP contribution in [0.15, 0.2) is 12.4 Å². The Kier molecular flexibility index (Phi) is 5.15. The van der Waals surface area contributed by atoms with E-state index in [0.717, 1.165) is 5.56 Å². The van der Waals surface area contributed by atoms with Gasteiger partial charge in [0.25, 0.3) is 0 Å². The van der Waals surface area contributed by atoms with Crippen LogP contribution in [0, 0.1) is 6.92 Å². The van der Waals surface area contributed by atoms with Crippen molar-refractivity contribution < 1.29 is 19.1 Å². The topological polar surface area (TPSA) is 99.7 Å². The Morgan fingerprint density at radius 1 is 1.55 bits per heavy atom. The van der Waals surface area contributed by atoms with Gasteiger partial charge in [-0.1, -0.05) is 0 Å². The summed E-state index contributed by atoms with van der Waals surface area (Å²) in [6, 6.07) is 0. The van der Waals surface area contributed by atoms with Crippen LogP contribution in [-0.4, -0.2) is 65.5 Å². The first-order chi connectivity index (χ1) is 10.4. The number of amides is 2. The first kappa shape index (κ1) is 16.4. The monoisotopic (exact) mass is 310 g/mol. The lowest BCUT2D eigenvalue weighted by molar-refractivity contribution is -0.140. The van der Waals surface area contributed by atoms with Gasteiger partial charge >= 0.3 is 0 Å². The van der Waals surface area contributed by atoms with Crippen molar-refractivity contribution in [2.45, 2.75) is 25.5 Å². The average molecular weight is 310 g/mol. The van der Waals surface area contributed by atoms with Gasteiger partial charge in [0.2, 0.25) is 11.8 Å². The number of hydrogen-bond acceptors (Lipinski definition) is 5. The number of nitrogens with zero attached hydrogens (tertiary/aromatic N) is 3. The minimum absolute atomic E-state index is 0.00809. The van der Waals surface area contributed by atoms with Crippen molar-refractivity contribution in [3.63, 3.8) is 0 Å². The molecular formula is C14H22N4O4. The third-order valence-electron chi connectivity index (χ3n) is 3.69. The molecule has 1 atom stereocenters. The maximum absolute atomic E-state index is 12.5. The average Bonchev–Trinajstić information content (AvgIpc) is 2.74. The summed E-state index contributed by atoms with van der Waals surface area (Å²) in [7, 11) is 1.50. The maximum Gasteiger partial charge on any atom is 0.244 e. The summed E-state index contributed by atoms with van der Waals surface area (Å²) in [5, 5.41) is 4.11. The lowest BCUT2D eigenvalue weighted by Crippen LogP contribution is -2.50. The molecule has 0 bridgehead atoms. The predicted octanol–water partition coefficient (Wildman–Crippen LogP) is -0.689. The van der Waals surface area contributed by atoms with Gasteiger partial charge in [-0.3, -0.25) is 14.3 Å². The number of aromatic nitrogens is 2. The molecule has 2 rings (SSSR count). The minimum Gasteiger partial charge on any atom is -0.377 e. The molecule has 2 amide bonds. The third kappa shape index (κ3) is 4.05. The Hall–Kier alpha value is -1.93. The van der Waals surface area contributed by atoms with Crippen LogP contribution in [0.5, 0.6) is 0 Å². The summed E-state index contributed by atoms with van der Waals surface area (Å²) in [5.74, 6) is -0.582. The highest BCUT2D eigenvalue weighted by Crippen LogP contribution is 2.20. The zero-order valence-corrected chi connectivity index (χ0v) is 12.9. The van der Waals surface area contributed by atoms with Gasteiger partial charge in [0, 0.05) is 19.9 Å². The van der Waals surface area contributed by atoms with Crippen LogP contribution < -0.4 is 5.73 Å². The molecule has 0 aliphatic carbocycles. The van der Waals surface area contributed by atoms with Gasteiger partial charge in [0.05, 0.1) is 32.4 Å². The van der Waals surface area contributed by atoms with E-state index in [9.17, 15) is 9.59 Å². The molecular weight excluding hydrogens is 288 g/mol. The van der Waals surface area contributed by atoms with Crippen molar-refractivity contribution in [1.29, 1.82) is 0 Å². The molecule has 1 aliphatic rings. The molecule has 1 aromatic rings. The highest BCUT2D eigenvalue weighted by Gasteiger charge is 2.38. The highest BCUT2D eigenvalue weighted by molar-refractivity contribution is 5.77. The molecule has 0 aromatic carbocycles. The van der Waals surface area contributed by atoms with Crippen LogP contribution in [0.4, 0.5) is 0 Å². The minimum atomic E-state index is -0.891. The molecule has 1 aliphatic heterocycles. The number of methoxy groups -OCH3 is 1. The highest BCUT2D eigenvalue weighted by atomic mass is 16.5. The fraction of sp³-hybridized carbons (Fsp3) is 0.643. The van der Waals surface area contributed by atoms with Crippen molar-refractivity contribution in [3.05, 3.63) is 18.0 Å². The number of ether oxygens (including phenoxy) is 2. The van der Waals surface area contributed by atoms with Crippen molar-refractivity contribution in [3.8, 4) is 0 Å². The van der Waals surface area contributed by atoms with E-state index in [1.54, 1.807) is 22.0 Å². The van der Waals surface area contributed by atoms with Crippen molar-refractivity contribution in [2.24, 2.45) is 5.73 Å². The third-order valence-corrected chi connectivity index (χ3v) is 3.69. The number of carbonyl (C=O) groups is 2. The molecule has 2 heterocycles. The number of rotatable bonds is 5. The normalized spacial score (nSPS) is 22.4. The van der Waals surface area contributed by atoms with Gasteiger partial charge in [0.15, 0.2) is 0 Å². The van der Waals surface area contributed by atoms with Crippen LogP contribution in [0.2, 0.25) is 0 Å². The van der Waals surface area contributed by atoms with Gasteiger partial charge in [-0.2, -0.15) is 5.10 Å². The van der Waals surface area contributed by atoms with Gasteiger partial charge in [-0.25, -0.2) is 0 Å². The quantitative estimate of drug-likeness (QED) is 0.776. The van der Waals surface area contributed by atoms with Crippen LogP contribution in [0.1, 0.15) is 12.0 Å². The number of nitrogens with two attached hydrogens (primary N) is 1. The van der Waals surface area contributed by atoms with E-state index in [0.29, 0.717) is 13.2 Å². The van der Waals surface area contributed by atoms with Gasteiger partial charge in [0.1, 0.15) is 12.1 Å². The van der Waals surface area contributed by atoms with Crippen LogP contribution in [-0.2, 0) is 25.6 Å². The molecule has 8 heteroatoms. The van der Waals surface area contributed by atoms with Crippen molar-refractivity contribution >= 4 is 11.8 Å². The molecule has 22 heavy (non-hydrogen) atoms. The van der Waals surface area contributed by atoms with E-state index in [-0.39, 0.29) is 32.0 Å². The first-order valence-electron chi connectivity index (χ1n) is 7.12. The van der Waals surface area contributed by atoms with Crippen LogP contribution in [0.25, 0.3) is 0 Å². The van der Waals surface area contributed by atoms with Gasteiger partial charge in [-0.05, 0) is 12.5 Å². The summed E-state index contributed by atoms with van der Waals surface area (Å²) in [4.78, 5) is 25.4. The molecule has 0 unspecified atom stereocenters. The van der Waals surface area contributed by atoms with E-state index in [4.69, 9.17) is 15.2 Å². The molecule has 8 nitrogen and oxygen atoms in total.